The second-order valence-corrected chi connectivity index (χ2v) is 6.25. The normalized spacial score (nSPS) is 12.8. The number of guanidine groups is 1. The number of nitrogens with one attached hydrogen (secondary N) is 3. The predicted molar refractivity (Wildman–Crippen MR) is 91.1 cm³/mol. The third-order valence-corrected chi connectivity index (χ3v) is 2.97. The average molecular weight is 301 g/mol. The molecule has 0 saturated carbocycles. The molecule has 0 unspecified atom stereocenters. The molecule has 6 nitrogen and oxygen atoms in total. The first-order valence-corrected chi connectivity index (χ1v) is 7.76. The molecule has 0 spiro atoms. The molecule has 3 N–H and O–H groups in total. The van der Waals surface area contributed by atoms with Crippen LogP contribution in [0.3, 0.4) is 0 Å². The molecular weight excluding hydrogens is 266 g/mol. The number of nitrogens with zero attached hydrogens (tertiary/aromatic N) is 2. The maximum absolute atomic E-state index is 5.05. The van der Waals surface area contributed by atoms with Gasteiger partial charge in [0, 0.05) is 59.0 Å². The third kappa shape index (κ3) is 13.9. The number of rotatable bonds is 10. The standard InChI is InChI=1S/C15H35N5O/c1-15(2,3)19-9-8-17-14(16-4)18-10-12-20(5)11-7-13-21-6/h19H,7-13H2,1-6H3,(H2,16,17,18). The maximum atomic E-state index is 5.05. The first-order chi connectivity index (χ1) is 9.89. The van der Waals surface area contributed by atoms with E-state index in [2.05, 4.69) is 53.7 Å². The van der Waals surface area contributed by atoms with Crippen LogP contribution in [0.25, 0.3) is 0 Å². The van der Waals surface area contributed by atoms with Crippen molar-refractivity contribution in [1.82, 2.24) is 20.9 Å². The SMILES string of the molecule is CN=C(NCCNC(C)(C)C)NCCN(C)CCCOC. The molecule has 126 valence electrons. The van der Waals surface area contributed by atoms with E-state index in [-0.39, 0.29) is 5.54 Å². The van der Waals surface area contributed by atoms with Crippen LogP contribution in [0.1, 0.15) is 27.2 Å². The molecule has 0 aliphatic rings. The summed E-state index contributed by atoms with van der Waals surface area (Å²) in [6.45, 7) is 12.0. The van der Waals surface area contributed by atoms with Crippen LogP contribution >= 0.6 is 0 Å². The van der Waals surface area contributed by atoms with E-state index >= 15 is 0 Å². The van der Waals surface area contributed by atoms with Crippen LogP contribution in [0.2, 0.25) is 0 Å². The topological polar surface area (TPSA) is 60.9 Å². The minimum Gasteiger partial charge on any atom is -0.385 e. The van der Waals surface area contributed by atoms with Gasteiger partial charge in [0.1, 0.15) is 0 Å². The summed E-state index contributed by atoms with van der Waals surface area (Å²) in [4.78, 5) is 6.51. The summed E-state index contributed by atoms with van der Waals surface area (Å²) in [6.07, 6.45) is 1.07. The number of hydrogen-bond donors (Lipinski definition) is 3. The lowest BCUT2D eigenvalue weighted by Crippen LogP contribution is -2.45. The van der Waals surface area contributed by atoms with Gasteiger partial charge in [-0.15, -0.1) is 0 Å². The van der Waals surface area contributed by atoms with Gasteiger partial charge >= 0.3 is 0 Å². The molecule has 0 aromatic carbocycles. The average Bonchev–Trinajstić information content (AvgIpc) is 2.40. The molecule has 21 heavy (non-hydrogen) atoms. The van der Waals surface area contributed by atoms with Crippen LogP contribution in [0.5, 0.6) is 0 Å². The van der Waals surface area contributed by atoms with Crippen LogP contribution in [0.4, 0.5) is 0 Å². The van der Waals surface area contributed by atoms with Crippen molar-refractivity contribution >= 4 is 5.96 Å². The van der Waals surface area contributed by atoms with E-state index < -0.39 is 0 Å². The zero-order chi connectivity index (χ0) is 16.1. The zero-order valence-corrected chi connectivity index (χ0v) is 14.8. The minimum absolute atomic E-state index is 0.156. The molecule has 0 aliphatic carbocycles. The number of hydrogen-bond acceptors (Lipinski definition) is 4. The Morgan fingerprint density at radius 1 is 1.10 bits per heavy atom. The van der Waals surface area contributed by atoms with Crippen LogP contribution in [0, 0.1) is 0 Å². The lowest BCUT2D eigenvalue weighted by Gasteiger charge is -2.21. The van der Waals surface area contributed by atoms with Gasteiger partial charge in [0.25, 0.3) is 0 Å². The van der Waals surface area contributed by atoms with Crippen LogP contribution in [-0.2, 0) is 4.74 Å². The fourth-order valence-electron chi connectivity index (χ4n) is 1.79. The van der Waals surface area contributed by atoms with E-state index in [1.165, 1.54) is 0 Å². The molecule has 0 radical (unpaired) electrons. The lowest BCUT2D eigenvalue weighted by atomic mass is 10.1. The van der Waals surface area contributed by atoms with Gasteiger partial charge in [0.2, 0.25) is 0 Å². The second kappa shape index (κ2) is 11.8. The summed E-state index contributed by atoms with van der Waals surface area (Å²) >= 11 is 0. The van der Waals surface area contributed by atoms with Crippen molar-refractivity contribution in [1.29, 1.82) is 0 Å². The largest absolute Gasteiger partial charge is 0.385 e. The minimum atomic E-state index is 0.156. The zero-order valence-electron chi connectivity index (χ0n) is 14.8. The Labute approximate surface area is 130 Å². The molecule has 0 aromatic heterocycles. The highest BCUT2D eigenvalue weighted by Crippen LogP contribution is 1.96. The second-order valence-electron chi connectivity index (χ2n) is 6.25. The van der Waals surface area contributed by atoms with Gasteiger partial charge in [-0.3, -0.25) is 4.99 Å². The van der Waals surface area contributed by atoms with Crippen molar-refractivity contribution in [2.24, 2.45) is 4.99 Å². The predicted octanol–water partition coefficient (Wildman–Crippen LogP) is 0.508. The first-order valence-electron chi connectivity index (χ1n) is 7.76. The summed E-state index contributed by atoms with van der Waals surface area (Å²) in [5.41, 5.74) is 0.156. The number of aliphatic imine (C=N–C) groups is 1. The van der Waals surface area contributed by atoms with Crippen molar-refractivity contribution in [2.45, 2.75) is 32.7 Å². The molecule has 0 amide bonds. The highest BCUT2D eigenvalue weighted by Gasteiger charge is 2.07. The fraction of sp³-hybridized carbons (Fsp3) is 0.933. The Bertz CT molecular complexity index is 276. The summed E-state index contributed by atoms with van der Waals surface area (Å²) in [5, 5.41) is 10.1. The fourth-order valence-corrected chi connectivity index (χ4v) is 1.79. The van der Waals surface area contributed by atoms with Gasteiger partial charge in [0.15, 0.2) is 5.96 Å². The van der Waals surface area contributed by atoms with Crippen molar-refractivity contribution in [3.8, 4) is 0 Å². The van der Waals surface area contributed by atoms with Crippen molar-refractivity contribution in [2.75, 3.05) is 60.5 Å². The van der Waals surface area contributed by atoms with E-state index in [4.69, 9.17) is 4.74 Å². The van der Waals surface area contributed by atoms with Gasteiger partial charge < -0.3 is 25.6 Å². The summed E-state index contributed by atoms with van der Waals surface area (Å²) in [6, 6.07) is 0. The van der Waals surface area contributed by atoms with Crippen molar-refractivity contribution < 1.29 is 4.74 Å². The number of methoxy groups -OCH3 is 1. The lowest BCUT2D eigenvalue weighted by molar-refractivity contribution is 0.180. The molecule has 0 fully saturated rings. The Morgan fingerprint density at radius 3 is 2.33 bits per heavy atom. The van der Waals surface area contributed by atoms with Gasteiger partial charge in [0.05, 0.1) is 0 Å². The number of likely N-dealkylation sites (N-methyl/N-ethyl adjacent to an activating group) is 1. The highest BCUT2D eigenvalue weighted by atomic mass is 16.5. The first kappa shape index (κ1) is 20.1. The van der Waals surface area contributed by atoms with Gasteiger partial charge in [-0.1, -0.05) is 0 Å². The van der Waals surface area contributed by atoms with E-state index in [0.717, 1.165) is 51.7 Å². The van der Waals surface area contributed by atoms with Crippen molar-refractivity contribution in [3.63, 3.8) is 0 Å². The quantitative estimate of drug-likeness (QED) is 0.312. The summed E-state index contributed by atoms with van der Waals surface area (Å²) in [7, 11) is 5.67. The molecular formula is C15H35N5O. The highest BCUT2D eigenvalue weighted by molar-refractivity contribution is 5.79. The molecule has 6 heteroatoms. The third-order valence-electron chi connectivity index (χ3n) is 2.97. The monoisotopic (exact) mass is 301 g/mol. The molecule has 0 atom stereocenters. The Balaban J connectivity index is 3.66. The molecule has 0 heterocycles. The maximum Gasteiger partial charge on any atom is 0.191 e. The summed E-state index contributed by atoms with van der Waals surface area (Å²) in [5.74, 6) is 0.857. The van der Waals surface area contributed by atoms with Crippen LogP contribution in [0.15, 0.2) is 4.99 Å². The Hall–Kier alpha value is -0.850. The van der Waals surface area contributed by atoms with E-state index in [9.17, 15) is 0 Å². The van der Waals surface area contributed by atoms with Crippen LogP contribution in [-0.4, -0.2) is 76.9 Å². The van der Waals surface area contributed by atoms with E-state index in [1.54, 1.807) is 14.2 Å². The van der Waals surface area contributed by atoms with Gasteiger partial charge in [-0.05, 0) is 34.2 Å². The molecule has 0 saturated heterocycles. The Morgan fingerprint density at radius 2 is 1.76 bits per heavy atom. The molecule has 0 aliphatic heterocycles. The van der Waals surface area contributed by atoms with Gasteiger partial charge in [-0.2, -0.15) is 0 Å². The Kier molecular flexibility index (Phi) is 11.3. The molecule has 0 aromatic rings. The van der Waals surface area contributed by atoms with Crippen LogP contribution < -0.4 is 16.0 Å². The number of ether oxygens (including phenoxy) is 1. The molecule has 0 rings (SSSR count). The molecule has 0 bridgehead atoms. The van der Waals surface area contributed by atoms with Crippen molar-refractivity contribution in [3.05, 3.63) is 0 Å². The van der Waals surface area contributed by atoms with E-state index in [0.29, 0.717) is 0 Å². The van der Waals surface area contributed by atoms with E-state index in [1.807, 2.05) is 0 Å². The summed E-state index contributed by atoms with van der Waals surface area (Å²) < 4.78 is 5.05. The smallest absolute Gasteiger partial charge is 0.191 e. The van der Waals surface area contributed by atoms with Gasteiger partial charge in [-0.25, -0.2) is 0 Å².